The summed E-state index contributed by atoms with van der Waals surface area (Å²) in [4.78, 5) is 2.60. The molecule has 2 N–H and O–H groups in total. The molecule has 2 nitrogen and oxygen atoms in total. The van der Waals surface area contributed by atoms with E-state index in [-0.39, 0.29) is 11.0 Å². The molecule has 1 aliphatic rings. The molecule has 0 aromatic carbocycles. The van der Waals surface area contributed by atoms with E-state index in [1.54, 1.807) is 0 Å². The fourth-order valence-corrected chi connectivity index (χ4v) is 2.54. The third kappa shape index (κ3) is 3.96. The molecule has 102 valence electrons. The Hall–Kier alpha value is -0.0800. The monoisotopic (exact) mass is 240 g/mol. The largest absolute Gasteiger partial charge is 0.325 e. The zero-order valence-electron chi connectivity index (χ0n) is 12.7. The number of hydrogen-bond donors (Lipinski definition) is 1. The van der Waals surface area contributed by atoms with Gasteiger partial charge in [-0.15, -0.1) is 0 Å². The Balaban J connectivity index is 2.46. The fraction of sp³-hybridized carbons (Fsp3) is 1.00. The van der Waals surface area contributed by atoms with Gasteiger partial charge in [0.25, 0.3) is 0 Å². The Morgan fingerprint density at radius 3 is 1.94 bits per heavy atom. The van der Waals surface area contributed by atoms with Crippen LogP contribution >= 0.6 is 0 Å². The van der Waals surface area contributed by atoms with Crippen molar-refractivity contribution in [2.45, 2.75) is 59.9 Å². The molecule has 2 heteroatoms. The standard InChI is InChI=1S/C15H32N2/c1-12(2)13-7-9-17(10-8-13)11-14(3,4)15(5,6)16/h12-13H,7-11,16H2,1-6H3. The number of hydrogen-bond acceptors (Lipinski definition) is 2. The predicted molar refractivity (Wildman–Crippen MR) is 76.0 cm³/mol. The Labute approximate surface area is 108 Å². The summed E-state index contributed by atoms with van der Waals surface area (Å²) in [5.74, 6) is 1.77. The molecule has 0 aromatic heterocycles. The van der Waals surface area contributed by atoms with E-state index in [0.29, 0.717) is 0 Å². The van der Waals surface area contributed by atoms with E-state index < -0.39 is 0 Å². The van der Waals surface area contributed by atoms with Crippen molar-refractivity contribution < 1.29 is 0 Å². The lowest BCUT2D eigenvalue weighted by Crippen LogP contribution is -2.54. The van der Waals surface area contributed by atoms with E-state index in [4.69, 9.17) is 5.73 Å². The molecule has 0 amide bonds. The lowest BCUT2D eigenvalue weighted by atomic mass is 9.74. The van der Waals surface area contributed by atoms with Crippen LogP contribution < -0.4 is 5.73 Å². The first kappa shape index (κ1) is 15.0. The molecule has 0 unspecified atom stereocenters. The zero-order valence-corrected chi connectivity index (χ0v) is 12.7. The van der Waals surface area contributed by atoms with Gasteiger partial charge in [0.2, 0.25) is 0 Å². The Bertz CT molecular complexity index is 230. The Kier molecular flexibility index (Phi) is 4.65. The SMILES string of the molecule is CC(C)C1CCN(CC(C)(C)C(C)(C)N)CC1. The van der Waals surface area contributed by atoms with Gasteiger partial charge in [-0.2, -0.15) is 0 Å². The molecular weight excluding hydrogens is 208 g/mol. The average Bonchev–Trinajstić information content (AvgIpc) is 2.16. The minimum absolute atomic E-state index is 0.109. The lowest BCUT2D eigenvalue weighted by Gasteiger charge is -2.44. The van der Waals surface area contributed by atoms with Crippen molar-refractivity contribution in [3.05, 3.63) is 0 Å². The van der Waals surface area contributed by atoms with Crippen molar-refractivity contribution in [3.63, 3.8) is 0 Å². The summed E-state index contributed by atoms with van der Waals surface area (Å²) in [6.45, 7) is 17.2. The van der Waals surface area contributed by atoms with Gasteiger partial charge in [0, 0.05) is 12.1 Å². The molecule has 0 aliphatic carbocycles. The maximum Gasteiger partial charge on any atom is 0.0161 e. The summed E-state index contributed by atoms with van der Waals surface area (Å²) in [6.07, 6.45) is 2.72. The first-order valence-electron chi connectivity index (χ1n) is 7.15. The molecule has 1 rings (SSSR count). The molecule has 0 spiro atoms. The molecular formula is C15H32N2. The maximum atomic E-state index is 6.28. The summed E-state index contributed by atoms with van der Waals surface area (Å²) in [6, 6.07) is 0. The molecule has 0 bridgehead atoms. The molecule has 1 fully saturated rings. The average molecular weight is 240 g/mol. The quantitative estimate of drug-likeness (QED) is 0.818. The molecule has 1 saturated heterocycles. The van der Waals surface area contributed by atoms with Gasteiger partial charge < -0.3 is 10.6 Å². The summed E-state index contributed by atoms with van der Waals surface area (Å²) >= 11 is 0. The smallest absolute Gasteiger partial charge is 0.0161 e. The van der Waals surface area contributed by atoms with E-state index in [0.717, 1.165) is 18.4 Å². The van der Waals surface area contributed by atoms with Crippen molar-refractivity contribution in [2.24, 2.45) is 23.0 Å². The van der Waals surface area contributed by atoms with Gasteiger partial charge in [0.1, 0.15) is 0 Å². The summed E-state index contributed by atoms with van der Waals surface area (Å²) in [5.41, 5.74) is 6.35. The molecule has 0 radical (unpaired) electrons. The molecule has 1 heterocycles. The van der Waals surface area contributed by atoms with Gasteiger partial charge in [-0.3, -0.25) is 0 Å². The first-order chi connectivity index (χ1) is 7.63. The number of likely N-dealkylation sites (tertiary alicyclic amines) is 1. The highest BCUT2D eigenvalue weighted by molar-refractivity contribution is 4.93. The third-order valence-corrected chi connectivity index (χ3v) is 4.94. The molecule has 1 aliphatic heterocycles. The van der Waals surface area contributed by atoms with Crippen LogP contribution in [0.25, 0.3) is 0 Å². The second-order valence-corrected chi connectivity index (χ2v) is 7.46. The molecule has 0 saturated carbocycles. The van der Waals surface area contributed by atoms with Crippen LogP contribution in [0.2, 0.25) is 0 Å². The van der Waals surface area contributed by atoms with E-state index in [1.807, 2.05) is 0 Å². The van der Waals surface area contributed by atoms with Crippen LogP contribution in [0.1, 0.15) is 54.4 Å². The van der Waals surface area contributed by atoms with Crippen molar-refractivity contribution in [1.29, 1.82) is 0 Å². The predicted octanol–water partition coefficient (Wildman–Crippen LogP) is 3.12. The number of piperidine rings is 1. The van der Waals surface area contributed by atoms with E-state index in [9.17, 15) is 0 Å². The molecule has 0 aromatic rings. The second-order valence-electron chi connectivity index (χ2n) is 7.46. The first-order valence-corrected chi connectivity index (χ1v) is 7.15. The van der Waals surface area contributed by atoms with Crippen LogP contribution in [0, 0.1) is 17.3 Å². The van der Waals surface area contributed by atoms with Crippen LogP contribution in [-0.4, -0.2) is 30.1 Å². The van der Waals surface area contributed by atoms with Crippen molar-refractivity contribution >= 4 is 0 Å². The van der Waals surface area contributed by atoms with Gasteiger partial charge in [-0.05, 0) is 57.0 Å². The second kappa shape index (κ2) is 5.27. The van der Waals surface area contributed by atoms with Crippen molar-refractivity contribution in [3.8, 4) is 0 Å². The third-order valence-electron chi connectivity index (χ3n) is 4.94. The molecule has 0 atom stereocenters. The highest BCUT2D eigenvalue weighted by atomic mass is 15.1. The van der Waals surface area contributed by atoms with Crippen LogP contribution in [0.5, 0.6) is 0 Å². The van der Waals surface area contributed by atoms with E-state index >= 15 is 0 Å². The van der Waals surface area contributed by atoms with Crippen molar-refractivity contribution in [1.82, 2.24) is 4.90 Å². The Morgan fingerprint density at radius 2 is 1.59 bits per heavy atom. The van der Waals surface area contributed by atoms with Gasteiger partial charge >= 0.3 is 0 Å². The van der Waals surface area contributed by atoms with Crippen LogP contribution in [0.4, 0.5) is 0 Å². The van der Waals surface area contributed by atoms with Crippen LogP contribution in [0.15, 0.2) is 0 Å². The minimum atomic E-state index is -0.109. The van der Waals surface area contributed by atoms with Gasteiger partial charge in [0.15, 0.2) is 0 Å². The fourth-order valence-electron chi connectivity index (χ4n) is 2.54. The Morgan fingerprint density at radius 1 is 1.12 bits per heavy atom. The zero-order chi connectivity index (χ0) is 13.3. The van der Waals surface area contributed by atoms with Crippen LogP contribution in [-0.2, 0) is 0 Å². The summed E-state index contributed by atoms with van der Waals surface area (Å²) in [7, 11) is 0. The van der Waals surface area contributed by atoms with E-state index in [1.165, 1.54) is 25.9 Å². The summed E-state index contributed by atoms with van der Waals surface area (Å²) < 4.78 is 0. The normalized spacial score (nSPS) is 21.2. The van der Waals surface area contributed by atoms with E-state index in [2.05, 4.69) is 46.4 Å². The van der Waals surface area contributed by atoms with Crippen LogP contribution in [0.3, 0.4) is 0 Å². The topological polar surface area (TPSA) is 29.3 Å². The lowest BCUT2D eigenvalue weighted by molar-refractivity contribution is 0.0777. The van der Waals surface area contributed by atoms with Gasteiger partial charge in [-0.25, -0.2) is 0 Å². The minimum Gasteiger partial charge on any atom is -0.325 e. The number of nitrogens with zero attached hydrogens (tertiary/aromatic N) is 1. The number of nitrogens with two attached hydrogens (primary N) is 1. The highest BCUT2D eigenvalue weighted by Crippen LogP contribution is 2.32. The van der Waals surface area contributed by atoms with Crippen molar-refractivity contribution in [2.75, 3.05) is 19.6 Å². The highest BCUT2D eigenvalue weighted by Gasteiger charge is 2.35. The van der Waals surface area contributed by atoms with Gasteiger partial charge in [-0.1, -0.05) is 27.7 Å². The maximum absolute atomic E-state index is 6.28. The van der Waals surface area contributed by atoms with Gasteiger partial charge in [0.05, 0.1) is 0 Å². The number of rotatable bonds is 4. The summed E-state index contributed by atoms with van der Waals surface area (Å²) in [5, 5.41) is 0. The molecule has 17 heavy (non-hydrogen) atoms.